The number of urea groups is 1. The van der Waals surface area contributed by atoms with E-state index in [1.54, 1.807) is 9.80 Å². The number of ether oxygens (including phenoxy) is 1. The number of rotatable bonds is 4. The molecule has 1 N–H and O–H groups in total. The Bertz CT molecular complexity index is 823. The van der Waals surface area contributed by atoms with Gasteiger partial charge >= 0.3 is 12.2 Å². The van der Waals surface area contributed by atoms with Gasteiger partial charge in [0.1, 0.15) is 12.2 Å². The molecule has 4 rings (SSSR count). The third-order valence-electron chi connectivity index (χ3n) is 5.01. The molecule has 1 atom stereocenters. The van der Waals surface area contributed by atoms with Crippen LogP contribution in [-0.2, 0) is 17.5 Å². The Morgan fingerprint density at radius 1 is 1.25 bits per heavy atom. The number of likely N-dealkylation sites (tertiary alicyclic amines) is 2. The first-order valence-electron chi connectivity index (χ1n) is 8.92. The van der Waals surface area contributed by atoms with Gasteiger partial charge in [-0.25, -0.2) is 9.78 Å². The zero-order chi connectivity index (χ0) is 19.7. The average molecular weight is 396 g/mol. The number of aromatic amines is 1. The Morgan fingerprint density at radius 2 is 2.07 bits per heavy atom. The van der Waals surface area contributed by atoms with Crippen LogP contribution in [0.1, 0.15) is 29.3 Å². The molecule has 2 fully saturated rings. The second-order valence-corrected chi connectivity index (χ2v) is 7.00. The van der Waals surface area contributed by atoms with E-state index in [4.69, 9.17) is 4.74 Å². The third-order valence-corrected chi connectivity index (χ3v) is 5.01. The van der Waals surface area contributed by atoms with Gasteiger partial charge in [0.05, 0.1) is 31.4 Å². The highest BCUT2D eigenvalue weighted by atomic mass is 19.4. The number of nitrogens with zero attached hydrogens (tertiary/aromatic N) is 5. The van der Waals surface area contributed by atoms with E-state index in [2.05, 4.69) is 20.2 Å². The number of halogens is 3. The largest absolute Gasteiger partial charge is 0.417 e. The number of alkyl halides is 3. The first-order valence-corrected chi connectivity index (χ1v) is 8.92. The molecule has 2 saturated heterocycles. The summed E-state index contributed by atoms with van der Waals surface area (Å²) in [6.45, 7) is 2.12. The van der Waals surface area contributed by atoms with Crippen molar-refractivity contribution in [2.24, 2.45) is 0 Å². The smallest absolute Gasteiger partial charge is 0.370 e. The summed E-state index contributed by atoms with van der Waals surface area (Å²) in [6.07, 6.45) is -0.192. The number of carbonyl (C=O) groups is 1. The van der Waals surface area contributed by atoms with E-state index in [-0.39, 0.29) is 24.7 Å². The molecule has 0 aromatic carbocycles. The van der Waals surface area contributed by atoms with Crippen LogP contribution in [0.5, 0.6) is 0 Å². The molecule has 2 aromatic heterocycles. The summed E-state index contributed by atoms with van der Waals surface area (Å²) in [6, 6.07) is 0.977. The molecule has 0 aliphatic carbocycles. The molecule has 8 nitrogen and oxygen atoms in total. The summed E-state index contributed by atoms with van der Waals surface area (Å²) in [7, 11) is 0. The van der Waals surface area contributed by atoms with Gasteiger partial charge in [-0.05, 0) is 18.1 Å². The molecular weight excluding hydrogens is 377 g/mol. The van der Waals surface area contributed by atoms with E-state index < -0.39 is 11.7 Å². The predicted octanol–water partition coefficient (Wildman–Crippen LogP) is 2.03. The Hall–Kier alpha value is -2.69. The summed E-state index contributed by atoms with van der Waals surface area (Å²) in [5.41, 5.74) is -0.441. The fourth-order valence-corrected chi connectivity index (χ4v) is 3.40. The van der Waals surface area contributed by atoms with Crippen molar-refractivity contribution >= 4 is 6.03 Å². The number of amides is 2. The number of nitrogens with one attached hydrogen (secondary N) is 1. The summed E-state index contributed by atoms with van der Waals surface area (Å²) in [4.78, 5) is 23.7. The van der Waals surface area contributed by atoms with Crippen molar-refractivity contribution in [2.45, 2.75) is 31.2 Å². The van der Waals surface area contributed by atoms with Crippen LogP contribution < -0.4 is 0 Å². The van der Waals surface area contributed by atoms with Gasteiger partial charge in [0.2, 0.25) is 0 Å². The van der Waals surface area contributed by atoms with Crippen molar-refractivity contribution in [1.29, 1.82) is 0 Å². The van der Waals surface area contributed by atoms with Gasteiger partial charge in [0.25, 0.3) is 0 Å². The monoisotopic (exact) mass is 396 g/mol. The molecule has 0 bridgehead atoms. The average Bonchev–Trinajstić information content (AvgIpc) is 3.31. The van der Waals surface area contributed by atoms with Crippen molar-refractivity contribution in [3.8, 4) is 0 Å². The van der Waals surface area contributed by atoms with Crippen LogP contribution in [0, 0.1) is 0 Å². The Balaban J connectivity index is 1.22. The first-order chi connectivity index (χ1) is 13.4. The predicted molar refractivity (Wildman–Crippen MR) is 90.1 cm³/mol. The maximum absolute atomic E-state index is 12.7. The fraction of sp³-hybridized carbons (Fsp3) is 0.529. The Kier molecular flexibility index (Phi) is 4.92. The van der Waals surface area contributed by atoms with Gasteiger partial charge in [-0.15, -0.1) is 0 Å². The number of pyridine rings is 1. The summed E-state index contributed by atoms with van der Waals surface area (Å²) in [5.74, 6) is 0.947. The molecule has 1 unspecified atom stereocenters. The van der Waals surface area contributed by atoms with Crippen molar-refractivity contribution in [3.63, 3.8) is 0 Å². The quantitative estimate of drug-likeness (QED) is 0.855. The molecule has 11 heteroatoms. The molecule has 150 valence electrons. The zero-order valence-electron chi connectivity index (χ0n) is 14.9. The molecule has 2 aliphatic rings. The van der Waals surface area contributed by atoms with Crippen LogP contribution in [0.25, 0.3) is 0 Å². The van der Waals surface area contributed by atoms with Crippen molar-refractivity contribution < 1.29 is 22.7 Å². The van der Waals surface area contributed by atoms with Crippen LogP contribution in [-0.4, -0.2) is 68.3 Å². The van der Waals surface area contributed by atoms with Gasteiger partial charge in [0.15, 0.2) is 0 Å². The highest BCUT2D eigenvalue weighted by Crippen LogP contribution is 2.29. The van der Waals surface area contributed by atoms with Crippen LogP contribution in [0.3, 0.4) is 0 Å². The lowest BCUT2D eigenvalue weighted by Crippen LogP contribution is -2.58. The second-order valence-electron chi connectivity index (χ2n) is 7.00. The topological polar surface area (TPSA) is 87.2 Å². The van der Waals surface area contributed by atoms with Gasteiger partial charge in [-0.3, -0.25) is 10.1 Å². The summed E-state index contributed by atoms with van der Waals surface area (Å²) < 4.78 is 43.7. The minimum atomic E-state index is -4.43. The Labute approximate surface area is 158 Å². The molecule has 4 heterocycles. The van der Waals surface area contributed by atoms with Gasteiger partial charge in [-0.1, -0.05) is 0 Å². The maximum atomic E-state index is 12.7. The van der Waals surface area contributed by atoms with Crippen molar-refractivity contribution in [2.75, 3.05) is 26.2 Å². The van der Waals surface area contributed by atoms with Gasteiger partial charge in [0, 0.05) is 31.4 Å². The number of aromatic nitrogens is 4. The highest BCUT2D eigenvalue weighted by molar-refractivity contribution is 5.75. The lowest BCUT2D eigenvalue weighted by molar-refractivity contribution is -0.138. The molecule has 28 heavy (non-hydrogen) atoms. The zero-order valence-corrected chi connectivity index (χ0v) is 14.9. The summed E-state index contributed by atoms with van der Waals surface area (Å²) in [5, 5.41) is 6.68. The lowest BCUT2D eigenvalue weighted by Gasteiger charge is -2.40. The van der Waals surface area contributed by atoms with E-state index in [0.717, 1.165) is 24.5 Å². The van der Waals surface area contributed by atoms with Crippen LogP contribution in [0.15, 0.2) is 24.8 Å². The standard InChI is InChI=1S/C17H19F3N6O2/c18-17(19,20)13-3-11(4-21-5-13)9-28-14-7-26(8-14)16(27)25-2-1-12(6-25)15-22-10-23-24-15/h3-5,10,12,14H,1-2,6-9H2,(H,22,23,24). The van der Waals surface area contributed by atoms with E-state index in [0.29, 0.717) is 31.7 Å². The maximum Gasteiger partial charge on any atom is 0.417 e. The normalized spacial score (nSPS) is 20.5. The van der Waals surface area contributed by atoms with E-state index in [1.165, 1.54) is 12.5 Å². The van der Waals surface area contributed by atoms with Crippen molar-refractivity contribution in [3.05, 3.63) is 41.7 Å². The molecule has 0 saturated carbocycles. The van der Waals surface area contributed by atoms with Crippen LogP contribution >= 0.6 is 0 Å². The highest BCUT2D eigenvalue weighted by Gasteiger charge is 2.37. The van der Waals surface area contributed by atoms with Gasteiger partial charge < -0.3 is 14.5 Å². The first kappa shape index (κ1) is 18.7. The minimum Gasteiger partial charge on any atom is -0.370 e. The van der Waals surface area contributed by atoms with E-state index >= 15 is 0 Å². The van der Waals surface area contributed by atoms with Crippen LogP contribution in [0.2, 0.25) is 0 Å². The second kappa shape index (κ2) is 7.38. The number of carbonyl (C=O) groups excluding carboxylic acids is 1. The van der Waals surface area contributed by atoms with E-state index in [1.807, 2.05) is 0 Å². The fourth-order valence-electron chi connectivity index (χ4n) is 3.40. The molecular formula is C17H19F3N6O2. The SMILES string of the molecule is O=C(N1CC(OCc2cncc(C(F)(F)F)c2)C1)N1CCC(c2ncn[nH]2)C1. The Morgan fingerprint density at radius 3 is 2.79 bits per heavy atom. The molecule has 0 radical (unpaired) electrons. The number of hydrogen-bond acceptors (Lipinski definition) is 5. The molecule has 2 amide bonds. The number of hydrogen-bond donors (Lipinski definition) is 1. The van der Waals surface area contributed by atoms with Crippen molar-refractivity contribution in [1.82, 2.24) is 30.0 Å². The lowest BCUT2D eigenvalue weighted by atomic mass is 10.1. The number of H-pyrrole nitrogens is 1. The minimum absolute atomic E-state index is 0.0287. The molecule has 2 aliphatic heterocycles. The van der Waals surface area contributed by atoms with E-state index in [9.17, 15) is 18.0 Å². The summed E-state index contributed by atoms with van der Waals surface area (Å²) >= 11 is 0. The third kappa shape index (κ3) is 3.93. The molecule has 2 aromatic rings. The molecule has 0 spiro atoms. The van der Waals surface area contributed by atoms with Gasteiger partial charge in [-0.2, -0.15) is 18.3 Å². The van der Waals surface area contributed by atoms with Crippen LogP contribution in [0.4, 0.5) is 18.0 Å².